The van der Waals surface area contributed by atoms with E-state index in [4.69, 9.17) is 16.3 Å². The molecule has 1 aromatic heterocycles. The predicted octanol–water partition coefficient (Wildman–Crippen LogP) is 4.97. The van der Waals surface area contributed by atoms with Gasteiger partial charge in [0, 0.05) is 5.02 Å². The van der Waals surface area contributed by atoms with E-state index in [2.05, 4.69) is 29.0 Å². The highest BCUT2D eigenvalue weighted by molar-refractivity contribution is 6.31. The molecule has 0 fully saturated rings. The monoisotopic (exact) mass is 300 g/mol. The number of aromatic nitrogens is 2. The molecule has 0 radical (unpaired) electrons. The summed E-state index contributed by atoms with van der Waals surface area (Å²) in [7, 11) is 0. The molecule has 4 heteroatoms. The molecule has 0 bridgehead atoms. The van der Waals surface area contributed by atoms with Gasteiger partial charge in [-0.15, -0.1) is 0 Å². The normalized spacial score (nSPS) is 12.6. The number of hydrogen-bond donors (Lipinski definition) is 1. The molecule has 1 heterocycles. The third-order valence-electron chi connectivity index (χ3n) is 3.49. The molecule has 108 valence electrons. The van der Waals surface area contributed by atoms with Gasteiger partial charge in [-0.3, -0.25) is 0 Å². The van der Waals surface area contributed by atoms with E-state index in [0.717, 1.165) is 28.2 Å². The summed E-state index contributed by atoms with van der Waals surface area (Å²) in [5.74, 6) is 1.69. The molecule has 0 aliphatic carbocycles. The van der Waals surface area contributed by atoms with Crippen molar-refractivity contribution in [2.75, 3.05) is 0 Å². The average molecular weight is 301 g/mol. The first kappa shape index (κ1) is 14.0. The SMILES string of the molecule is Cc1ccc(C)c(O[C@@H](C)c2nc3ccc(Cl)cc3[nH]2)c1. The van der Waals surface area contributed by atoms with Crippen LogP contribution in [0.25, 0.3) is 11.0 Å². The van der Waals surface area contributed by atoms with Gasteiger partial charge in [0.25, 0.3) is 0 Å². The quantitative estimate of drug-likeness (QED) is 0.741. The zero-order valence-electron chi connectivity index (χ0n) is 12.3. The number of hydrogen-bond acceptors (Lipinski definition) is 2. The summed E-state index contributed by atoms with van der Waals surface area (Å²) < 4.78 is 6.05. The first-order chi connectivity index (χ1) is 10.0. The Balaban J connectivity index is 1.89. The maximum absolute atomic E-state index is 6.05. The Labute approximate surface area is 128 Å². The highest BCUT2D eigenvalue weighted by Gasteiger charge is 2.14. The fraction of sp³-hybridized carbons (Fsp3) is 0.235. The van der Waals surface area contributed by atoms with Crippen LogP contribution in [0, 0.1) is 13.8 Å². The first-order valence-electron chi connectivity index (χ1n) is 6.92. The Morgan fingerprint density at radius 3 is 2.76 bits per heavy atom. The van der Waals surface area contributed by atoms with Crippen molar-refractivity contribution < 1.29 is 4.74 Å². The minimum atomic E-state index is -0.156. The van der Waals surface area contributed by atoms with Crippen LogP contribution in [0.15, 0.2) is 36.4 Å². The molecule has 0 unspecified atom stereocenters. The van der Waals surface area contributed by atoms with Crippen molar-refractivity contribution in [3.8, 4) is 5.75 Å². The van der Waals surface area contributed by atoms with Crippen molar-refractivity contribution in [2.45, 2.75) is 26.9 Å². The van der Waals surface area contributed by atoms with Gasteiger partial charge in [0.15, 0.2) is 6.10 Å². The second-order valence-corrected chi connectivity index (χ2v) is 5.75. The number of fused-ring (bicyclic) bond motifs is 1. The fourth-order valence-corrected chi connectivity index (χ4v) is 2.45. The summed E-state index contributed by atoms with van der Waals surface area (Å²) in [5, 5.41) is 0.695. The highest BCUT2D eigenvalue weighted by atomic mass is 35.5. The number of aromatic amines is 1. The van der Waals surface area contributed by atoms with Crippen LogP contribution in [0.5, 0.6) is 5.75 Å². The van der Waals surface area contributed by atoms with Gasteiger partial charge in [-0.1, -0.05) is 23.7 Å². The van der Waals surface area contributed by atoms with E-state index in [1.165, 1.54) is 5.56 Å². The third-order valence-corrected chi connectivity index (χ3v) is 3.73. The molecule has 0 saturated carbocycles. The van der Waals surface area contributed by atoms with E-state index in [0.29, 0.717) is 5.02 Å². The molecule has 0 amide bonds. The van der Waals surface area contributed by atoms with E-state index in [-0.39, 0.29) is 6.10 Å². The maximum atomic E-state index is 6.05. The standard InChI is InChI=1S/C17H17ClN2O/c1-10-4-5-11(2)16(8-10)21-12(3)17-19-14-7-6-13(18)9-15(14)20-17/h4-9,12H,1-3H3,(H,19,20)/t12-/m0/s1. The molecule has 0 saturated heterocycles. The Kier molecular flexibility index (Phi) is 3.60. The summed E-state index contributed by atoms with van der Waals surface area (Å²) in [4.78, 5) is 7.83. The average Bonchev–Trinajstić information content (AvgIpc) is 2.86. The topological polar surface area (TPSA) is 37.9 Å². The van der Waals surface area contributed by atoms with Gasteiger partial charge in [0.1, 0.15) is 11.6 Å². The van der Waals surface area contributed by atoms with Crippen LogP contribution in [0.3, 0.4) is 0 Å². The first-order valence-corrected chi connectivity index (χ1v) is 7.30. The lowest BCUT2D eigenvalue weighted by Gasteiger charge is -2.15. The number of nitrogens with one attached hydrogen (secondary N) is 1. The third kappa shape index (κ3) is 2.88. The lowest BCUT2D eigenvalue weighted by atomic mass is 10.1. The number of H-pyrrole nitrogens is 1. The molecule has 0 aliphatic rings. The molecular weight excluding hydrogens is 284 g/mol. The van der Waals surface area contributed by atoms with Crippen molar-refractivity contribution in [2.24, 2.45) is 0 Å². The summed E-state index contributed by atoms with van der Waals surface area (Å²) in [6.07, 6.45) is -0.156. The van der Waals surface area contributed by atoms with Crippen molar-refractivity contribution in [1.29, 1.82) is 0 Å². The molecule has 3 aromatic rings. The van der Waals surface area contributed by atoms with Crippen LogP contribution in [-0.2, 0) is 0 Å². The molecule has 0 spiro atoms. The number of ether oxygens (including phenoxy) is 1. The summed E-state index contributed by atoms with van der Waals surface area (Å²) in [6, 6.07) is 11.8. The zero-order valence-corrected chi connectivity index (χ0v) is 13.0. The molecular formula is C17H17ClN2O. The van der Waals surface area contributed by atoms with E-state index in [1.54, 1.807) is 0 Å². The Morgan fingerprint density at radius 2 is 1.95 bits per heavy atom. The van der Waals surface area contributed by atoms with Crippen LogP contribution < -0.4 is 4.74 Å². The Morgan fingerprint density at radius 1 is 1.14 bits per heavy atom. The van der Waals surface area contributed by atoms with Crippen LogP contribution in [0.1, 0.15) is 30.0 Å². The van der Waals surface area contributed by atoms with Gasteiger partial charge >= 0.3 is 0 Å². The smallest absolute Gasteiger partial charge is 0.153 e. The molecule has 21 heavy (non-hydrogen) atoms. The number of nitrogens with zero attached hydrogens (tertiary/aromatic N) is 1. The van der Waals surface area contributed by atoms with Crippen molar-refractivity contribution in [3.05, 3.63) is 58.4 Å². The highest BCUT2D eigenvalue weighted by Crippen LogP contribution is 2.26. The van der Waals surface area contributed by atoms with E-state index in [9.17, 15) is 0 Å². The predicted molar refractivity (Wildman–Crippen MR) is 86.1 cm³/mol. The van der Waals surface area contributed by atoms with E-state index in [1.807, 2.05) is 38.1 Å². The number of rotatable bonds is 3. The number of benzene rings is 2. The van der Waals surface area contributed by atoms with Gasteiger partial charge in [-0.05, 0) is 56.2 Å². The molecule has 1 atom stereocenters. The number of halogens is 1. The van der Waals surface area contributed by atoms with Crippen LogP contribution >= 0.6 is 11.6 Å². The lowest BCUT2D eigenvalue weighted by Crippen LogP contribution is -2.06. The fourth-order valence-electron chi connectivity index (χ4n) is 2.27. The van der Waals surface area contributed by atoms with Gasteiger partial charge in [0.2, 0.25) is 0 Å². The molecule has 0 aliphatic heterocycles. The largest absolute Gasteiger partial charge is 0.483 e. The molecule has 3 rings (SSSR count). The van der Waals surface area contributed by atoms with Gasteiger partial charge in [-0.25, -0.2) is 4.98 Å². The van der Waals surface area contributed by atoms with Crippen molar-refractivity contribution in [3.63, 3.8) is 0 Å². The maximum Gasteiger partial charge on any atom is 0.153 e. The van der Waals surface area contributed by atoms with Gasteiger partial charge in [0.05, 0.1) is 11.0 Å². The summed E-state index contributed by atoms with van der Waals surface area (Å²) in [6.45, 7) is 6.08. The molecule has 2 aromatic carbocycles. The molecule has 3 nitrogen and oxygen atoms in total. The summed E-state index contributed by atoms with van der Waals surface area (Å²) >= 11 is 6.00. The number of aryl methyl sites for hydroxylation is 2. The molecule has 1 N–H and O–H groups in total. The summed E-state index contributed by atoms with van der Waals surface area (Å²) in [5.41, 5.74) is 4.12. The van der Waals surface area contributed by atoms with Crippen LogP contribution in [0.2, 0.25) is 5.02 Å². The van der Waals surface area contributed by atoms with E-state index >= 15 is 0 Å². The van der Waals surface area contributed by atoms with E-state index < -0.39 is 0 Å². The number of imidazole rings is 1. The zero-order chi connectivity index (χ0) is 15.0. The minimum absolute atomic E-state index is 0.156. The van der Waals surface area contributed by atoms with Crippen LogP contribution in [-0.4, -0.2) is 9.97 Å². The Hall–Kier alpha value is -2.00. The van der Waals surface area contributed by atoms with Gasteiger partial charge in [-0.2, -0.15) is 0 Å². The van der Waals surface area contributed by atoms with Crippen LogP contribution in [0.4, 0.5) is 0 Å². The second kappa shape index (κ2) is 5.41. The second-order valence-electron chi connectivity index (χ2n) is 5.31. The van der Waals surface area contributed by atoms with Crippen molar-refractivity contribution in [1.82, 2.24) is 9.97 Å². The lowest BCUT2D eigenvalue weighted by molar-refractivity contribution is 0.216. The minimum Gasteiger partial charge on any atom is -0.483 e. The van der Waals surface area contributed by atoms with Crippen molar-refractivity contribution >= 4 is 22.6 Å². The Bertz CT molecular complexity index is 795. The van der Waals surface area contributed by atoms with Gasteiger partial charge < -0.3 is 9.72 Å².